The highest BCUT2D eigenvalue weighted by atomic mass is 31.2. The minimum atomic E-state index is -3.66. The van der Waals surface area contributed by atoms with Gasteiger partial charge in [-0.15, -0.1) is 0 Å². The van der Waals surface area contributed by atoms with Crippen molar-refractivity contribution in [3.63, 3.8) is 0 Å². The third kappa shape index (κ3) is 2.05. The van der Waals surface area contributed by atoms with Gasteiger partial charge in [-0.25, -0.2) is 0 Å². The molecule has 0 aliphatic rings. The predicted octanol–water partition coefficient (Wildman–Crippen LogP) is 4.81. The monoisotopic (exact) mass is 342 g/mol. The molecule has 25 heavy (non-hydrogen) atoms. The molecule has 0 aliphatic carbocycles. The van der Waals surface area contributed by atoms with E-state index in [1.165, 1.54) is 0 Å². The second-order valence-electron chi connectivity index (χ2n) is 6.35. The first-order valence-electron chi connectivity index (χ1n) is 8.22. The second-order valence-corrected chi connectivity index (χ2v) is 8.50. The minimum absolute atomic E-state index is 0.463. The number of hydrogen-bond donors (Lipinski definition) is 1. The summed E-state index contributed by atoms with van der Waals surface area (Å²) in [5.74, 6) is 0. The molecule has 0 aromatic heterocycles. The van der Waals surface area contributed by atoms with Gasteiger partial charge in [0.2, 0.25) is 0 Å². The lowest BCUT2D eigenvalue weighted by atomic mass is 9.94. The molecule has 0 bridgehead atoms. The van der Waals surface area contributed by atoms with Gasteiger partial charge >= 0.3 is 0 Å². The van der Waals surface area contributed by atoms with Crippen molar-refractivity contribution in [2.45, 2.75) is 0 Å². The molecule has 0 saturated heterocycles. The Kier molecular flexibility index (Phi) is 3.03. The van der Waals surface area contributed by atoms with E-state index in [-0.39, 0.29) is 0 Å². The molecule has 5 rings (SSSR count). The van der Waals surface area contributed by atoms with Gasteiger partial charge < -0.3 is 4.89 Å². The van der Waals surface area contributed by atoms with Crippen molar-refractivity contribution in [1.29, 1.82) is 0 Å². The summed E-state index contributed by atoms with van der Waals surface area (Å²) in [6, 6.07) is 27.1. The van der Waals surface area contributed by atoms with E-state index in [2.05, 4.69) is 24.3 Å². The van der Waals surface area contributed by atoms with E-state index in [1.807, 2.05) is 30.3 Å². The van der Waals surface area contributed by atoms with E-state index in [0.29, 0.717) is 10.6 Å². The normalized spacial score (nSPS) is 14.3. The first-order chi connectivity index (χ1) is 12.2. The molecule has 1 N–H and O–H groups in total. The van der Waals surface area contributed by atoms with Crippen LogP contribution in [0.15, 0.2) is 84.9 Å². The molecule has 120 valence electrons. The molecule has 5 aromatic rings. The van der Waals surface area contributed by atoms with E-state index >= 15 is 0 Å². The van der Waals surface area contributed by atoms with Gasteiger partial charge in [-0.05, 0) is 50.5 Å². The predicted molar refractivity (Wildman–Crippen MR) is 106 cm³/mol. The van der Waals surface area contributed by atoms with Gasteiger partial charge in [0.25, 0.3) is 7.37 Å². The lowest BCUT2D eigenvalue weighted by Crippen LogP contribution is -2.16. The highest BCUT2D eigenvalue weighted by Crippen LogP contribution is 2.43. The molecule has 0 fully saturated rings. The van der Waals surface area contributed by atoms with Crippen molar-refractivity contribution in [3.05, 3.63) is 84.9 Å². The lowest BCUT2D eigenvalue weighted by molar-refractivity contribution is 0.501. The van der Waals surface area contributed by atoms with Gasteiger partial charge in [-0.1, -0.05) is 66.7 Å². The number of rotatable bonds is 2. The summed E-state index contributed by atoms with van der Waals surface area (Å²) in [5.41, 5.74) is 0. The fourth-order valence-corrected chi connectivity index (χ4v) is 5.40. The molecular weight excluding hydrogens is 327 g/mol. The average molecular weight is 342 g/mol. The Morgan fingerprint density at radius 3 is 1.92 bits per heavy atom. The first-order valence-corrected chi connectivity index (χ1v) is 9.88. The van der Waals surface area contributed by atoms with Gasteiger partial charge in [0.1, 0.15) is 0 Å². The maximum atomic E-state index is 13.3. The largest absolute Gasteiger partial charge is 0.338 e. The van der Waals surface area contributed by atoms with Crippen LogP contribution in [0.1, 0.15) is 0 Å². The molecule has 2 nitrogen and oxygen atoms in total. The van der Waals surface area contributed by atoms with E-state index in [0.717, 1.165) is 32.3 Å². The van der Waals surface area contributed by atoms with Crippen molar-refractivity contribution in [2.75, 3.05) is 0 Å². The Morgan fingerprint density at radius 2 is 1.20 bits per heavy atom. The quantitative estimate of drug-likeness (QED) is 0.369. The summed E-state index contributed by atoms with van der Waals surface area (Å²) in [6.07, 6.45) is 0. The molecule has 3 heteroatoms. The highest BCUT2D eigenvalue weighted by Gasteiger charge is 2.27. The fraction of sp³-hybridized carbons (Fsp3) is 0. The Morgan fingerprint density at radius 1 is 0.600 bits per heavy atom. The van der Waals surface area contributed by atoms with Crippen LogP contribution in [-0.2, 0) is 4.57 Å². The van der Waals surface area contributed by atoms with E-state index < -0.39 is 7.37 Å². The summed E-state index contributed by atoms with van der Waals surface area (Å²) < 4.78 is 13.3. The summed E-state index contributed by atoms with van der Waals surface area (Å²) >= 11 is 0. The maximum absolute atomic E-state index is 13.3. The lowest BCUT2D eigenvalue weighted by Gasteiger charge is -2.17. The molecule has 0 radical (unpaired) electrons. The maximum Gasteiger partial charge on any atom is 0.259 e. The van der Waals surface area contributed by atoms with E-state index in [9.17, 15) is 9.46 Å². The minimum Gasteiger partial charge on any atom is -0.338 e. The summed E-state index contributed by atoms with van der Waals surface area (Å²) in [5, 5.41) is 7.45. The van der Waals surface area contributed by atoms with Crippen molar-refractivity contribution in [2.24, 2.45) is 0 Å². The van der Waals surface area contributed by atoms with Crippen LogP contribution in [0.3, 0.4) is 0 Å². The van der Waals surface area contributed by atoms with Gasteiger partial charge in [0.05, 0.1) is 0 Å². The number of benzene rings is 5. The zero-order valence-electron chi connectivity index (χ0n) is 13.4. The molecule has 1 unspecified atom stereocenters. The van der Waals surface area contributed by atoms with Crippen LogP contribution in [0.4, 0.5) is 0 Å². The molecule has 0 heterocycles. The summed E-state index contributed by atoms with van der Waals surface area (Å²) in [6.45, 7) is 0. The van der Waals surface area contributed by atoms with Crippen LogP contribution >= 0.6 is 7.37 Å². The summed E-state index contributed by atoms with van der Waals surface area (Å²) in [4.78, 5) is 10.9. The zero-order chi connectivity index (χ0) is 17.0. The topological polar surface area (TPSA) is 37.3 Å². The van der Waals surface area contributed by atoms with Crippen molar-refractivity contribution < 1.29 is 9.46 Å². The molecule has 0 saturated carbocycles. The Labute approximate surface area is 145 Å². The van der Waals surface area contributed by atoms with Gasteiger partial charge in [0, 0.05) is 10.6 Å². The Balaban J connectivity index is 1.93. The standard InChI is InChI=1S/C22H15O2P/c23-25(24,18-7-2-1-3-8-18)20-14-12-17-10-9-15-5-4-6-16-11-13-19(20)22(17)21(15)16/h1-14H,(H,23,24). The molecule has 0 amide bonds. The Hall–Kier alpha value is -2.67. The van der Waals surface area contributed by atoms with Crippen LogP contribution in [0.25, 0.3) is 32.3 Å². The van der Waals surface area contributed by atoms with Crippen molar-refractivity contribution >= 4 is 50.3 Å². The van der Waals surface area contributed by atoms with Crippen molar-refractivity contribution in [1.82, 2.24) is 0 Å². The summed E-state index contributed by atoms with van der Waals surface area (Å²) in [7, 11) is -3.66. The van der Waals surface area contributed by atoms with Gasteiger partial charge in [-0.2, -0.15) is 0 Å². The average Bonchev–Trinajstić information content (AvgIpc) is 2.66. The molecule has 5 aromatic carbocycles. The molecule has 0 aliphatic heterocycles. The molecular formula is C22H15O2P. The van der Waals surface area contributed by atoms with Gasteiger partial charge in [-0.3, -0.25) is 4.57 Å². The molecule has 1 atom stereocenters. The second kappa shape index (κ2) is 5.16. The highest BCUT2D eigenvalue weighted by molar-refractivity contribution is 7.74. The van der Waals surface area contributed by atoms with Crippen LogP contribution < -0.4 is 10.6 Å². The molecule has 0 spiro atoms. The van der Waals surface area contributed by atoms with Crippen LogP contribution in [-0.4, -0.2) is 4.89 Å². The van der Waals surface area contributed by atoms with Gasteiger partial charge in [0.15, 0.2) is 0 Å². The smallest absolute Gasteiger partial charge is 0.259 e. The van der Waals surface area contributed by atoms with Crippen LogP contribution in [0, 0.1) is 0 Å². The van der Waals surface area contributed by atoms with Crippen LogP contribution in [0.5, 0.6) is 0 Å². The van der Waals surface area contributed by atoms with E-state index in [4.69, 9.17) is 0 Å². The van der Waals surface area contributed by atoms with Crippen LogP contribution in [0.2, 0.25) is 0 Å². The third-order valence-corrected chi connectivity index (χ3v) is 6.98. The Bertz CT molecular complexity index is 1260. The zero-order valence-corrected chi connectivity index (χ0v) is 14.3. The first kappa shape index (κ1) is 14.7. The number of hydrogen-bond acceptors (Lipinski definition) is 1. The SMILES string of the molecule is O=P(O)(c1ccccc1)c1ccc2ccc3cccc4ccc1c2c34. The van der Waals surface area contributed by atoms with E-state index in [1.54, 1.807) is 30.3 Å². The fourth-order valence-electron chi connectivity index (χ4n) is 3.75. The van der Waals surface area contributed by atoms with Crippen molar-refractivity contribution in [3.8, 4) is 0 Å². The third-order valence-electron chi connectivity index (χ3n) is 4.94.